The molecule has 108 valence electrons. The minimum absolute atomic E-state index is 0.257. The zero-order valence-corrected chi connectivity index (χ0v) is 12.0. The van der Waals surface area contributed by atoms with Crippen molar-refractivity contribution >= 4 is 23.6 Å². The Labute approximate surface area is 118 Å². The fourth-order valence-corrected chi connectivity index (χ4v) is 1.32. The minimum atomic E-state index is -0.928. The van der Waals surface area contributed by atoms with Gasteiger partial charge in [0.05, 0.1) is 12.1 Å². The molecule has 0 aliphatic rings. The Hall–Kier alpha value is -2.14. The summed E-state index contributed by atoms with van der Waals surface area (Å²) in [5.41, 5.74) is 6.25. The normalized spacial score (nSPS) is 11.4. The van der Waals surface area contributed by atoms with Gasteiger partial charge in [-0.25, -0.2) is 4.79 Å². The first-order valence-corrected chi connectivity index (χ1v) is 6.38. The molecule has 5 nitrogen and oxygen atoms in total. The predicted molar refractivity (Wildman–Crippen MR) is 79.0 cm³/mol. The number of rotatable bonds is 5. The van der Waals surface area contributed by atoms with Crippen LogP contribution in [0.4, 0.5) is 5.69 Å². The monoisotopic (exact) mass is 276 g/mol. The molecular formula is C15H20N2O3. The average Bonchev–Trinajstić information content (AvgIpc) is 2.37. The van der Waals surface area contributed by atoms with E-state index in [1.165, 1.54) is 6.08 Å². The quantitative estimate of drug-likeness (QED) is 0.636. The van der Waals surface area contributed by atoms with E-state index in [1.807, 2.05) is 0 Å². The molecule has 3 N–H and O–H groups in total. The summed E-state index contributed by atoms with van der Waals surface area (Å²) in [6, 6.07) is 7.06. The fraction of sp³-hybridized carbons (Fsp3) is 0.333. The van der Waals surface area contributed by atoms with Gasteiger partial charge in [-0.2, -0.15) is 0 Å². The van der Waals surface area contributed by atoms with E-state index >= 15 is 0 Å². The number of nitrogens with one attached hydrogen (secondary N) is 1. The maximum absolute atomic E-state index is 11.7. The van der Waals surface area contributed by atoms with E-state index in [-0.39, 0.29) is 11.9 Å². The molecule has 0 atom stereocenters. The lowest BCUT2D eigenvalue weighted by Gasteiger charge is -2.17. The molecule has 0 fully saturated rings. The van der Waals surface area contributed by atoms with Crippen LogP contribution in [-0.4, -0.2) is 24.0 Å². The summed E-state index contributed by atoms with van der Waals surface area (Å²) in [6.45, 7) is 5.38. The molecule has 0 saturated carbocycles. The standard InChI is InChI=1S/C15H20N2O3/c1-4-20-13(18)10-7-11-5-8-12(9-6-11)17-14(19)15(2,3)16/h5-10H,4,16H2,1-3H3,(H,17,19). The fourth-order valence-electron chi connectivity index (χ4n) is 1.32. The minimum Gasteiger partial charge on any atom is -0.463 e. The van der Waals surface area contributed by atoms with Gasteiger partial charge in [-0.05, 0) is 44.5 Å². The Bertz CT molecular complexity index is 499. The van der Waals surface area contributed by atoms with Crippen molar-refractivity contribution in [2.45, 2.75) is 26.3 Å². The first-order chi connectivity index (χ1) is 9.32. The number of carbonyl (C=O) groups is 2. The van der Waals surface area contributed by atoms with E-state index in [2.05, 4.69) is 5.32 Å². The van der Waals surface area contributed by atoms with Crippen LogP contribution < -0.4 is 11.1 Å². The number of carbonyl (C=O) groups excluding carboxylic acids is 2. The van der Waals surface area contributed by atoms with Crippen molar-refractivity contribution in [3.8, 4) is 0 Å². The molecule has 0 bridgehead atoms. The average molecular weight is 276 g/mol. The van der Waals surface area contributed by atoms with Crippen LogP contribution in [0.1, 0.15) is 26.3 Å². The van der Waals surface area contributed by atoms with Crippen LogP contribution in [0.15, 0.2) is 30.3 Å². The Balaban J connectivity index is 2.65. The van der Waals surface area contributed by atoms with Crippen LogP contribution in [0.2, 0.25) is 0 Å². The third-order valence-corrected chi connectivity index (χ3v) is 2.45. The molecule has 0 aliphatic carbocycles. The second-order valence-corrected chi connectivity index (χ2v) is 4.88. The third kappa shape index (κ3) is 5.24. The second kappa shape index (κ2) is 6.86. The molecule has 0 aliphatic heterocycles. The summed E-state index contributed by atoms with van der Waals surface area (Å²) in [5.74, 6) is -0.637. The lowest BCUT2D eigenvalue weighted by Crippen LogP contribution is -2.45. The number of esters is 1. The molecule has 1 aromatic rings. The van der Waals surface area contributed by atoms with Gasteiger partial charge in [0.2, 0.25) is 5.91 Å². The SMILES string of the molecule is CCOC(=O)C=Cc1ccc(NC(=O)C(C)(C)N)cc1. The van der Waals surface area contributed by atoms with Crippen LogP contribution in [0.25, 0.3) is 6.08 Å². The highest BCUT2D eigenvalue weighted by atomic mass is 16.5. The molecule has 0 saturated heterocycles. The van der Waals surface area contributed by atoms with Crippen LogP contribution in [0.3, 0.4) is 0 Å². The van der Waals surface area contributed by atoms with Gasteiger partial charge in [0, 0.05) is 11.8 Å². The van der Waals surface area contributed by atoms with Crippen molar-refractivity contribution in [3.63, 3.8) is 0 Å². The van der Waals surface area contributed by atoms with Gasteiger partial charge < -0.3 is 15.8 Å². The van der Waals surface area contributed by atoms with Crippen molar-refractivity contribution in [3.05, 3.63) is 35.9 Å². The van der Waals surface area contributed by atoms with Crippen molar-refractivity contribution in [2.24, 2.45) is 5.73 Å². The number of nitrogens with two attached hydrogens (primary N) is 1. The molecule has 0 spiro atoms. The van der Waals surface area contributed by atoms with Crippen LogP contribution in [0, 0.1) is 0 Å². The molecule has 0 heterocycles. The van der Waals surface area contributed by atoms with Crippen LogP contribution in [-0.2, 0) is 14.3 Å². The summed E-state index contributed by atoms with van der Waals surface area (Å²) >= 11 is 0. The zero-order chi connectivity index (χ0) is 15.2. The Morgan fingerprint density at radius 3 is 2.40 bits per heavy atom. The summed E-state index contributed by atoms with van der Waals surface area (Å²) in [6.07, 6.45) is 3.01. The van der Waals surface area contributed by atoms with Crippen LogP contribution >= 0.6 is 0 Å². The van der Waals surface area contributed by atoms with Gasteiger partial charge in [-0.15, -0.1) is 0 Å². The number of hydrogen-bond acceptors (Lipinski definition) is 4. The van der Waals surface area contributed by atoms with Crippen LogP contribution in [0.5, 0.6) is 0 Å². The topological polar surface area (TPSA) is 81.4 Å². The lowest BCUT2D eigenvalue weighted by molar-refractivity contribution is -0.137. The number of amides is 1. The number of ether oxygens (including phenoxy) is 1. The van der Waals surface area contributed by atoms with Crippen molar-refractivity contribution < 1.29 is 14.3 Å². The third-order valence-electron chi connectivity index (χ3n) is 2.45. The smallest absolute Gasteiger partial charge is 0.330 e. The van der Waals surface area contributed by atoms with E-state index in [4.69, 9.17) is 10.5 Å². The van der Waals surface area contributed by atoms with E-state index in [0.717, 1.165) is 5.56 Å². The highest BCUT2D eigenvalue weighted by Gasteiger charge is 2.21. The summed E-state index contributed by atoms with van der Waals surface area (Å²) < 4.78 is 4.78. The first kappa shape index (κ1) is 15.9. The molecule has 0 aromatic heterocycles. The molecule has 1 amide bonds. The molecule has 1 rings (SSSR count). The summed E-state index contributed by atoms with van der Waals surface area (Å²) in [4.78, 5) is 22.9. The zero-order valence-electron chi connectivity index (χ0n) is 12.0. The maximum Gasteiger partial charge on any atom is 0.330 e. The molecule has 5 heteroatoms. The Morgan fingerprint density at radius 1 is 1.30 bits per heavy atom. The van der Waals surface area contributed by atoms with Gasteiger partial charge in [-0.3, -0.25) is 4.79 Å². The predicted octanol–water partition coefficient (Wildman–Crippen LogP) is 1.94. The van der Waals surface area contributed by atoms with Gasteiger partial charge in [0.1, 0.15) is 0 Å². The van der Waals surface area contributed by atoms with Gasteiger partial charge >= 0.3 is 5.97 Å². The maximum atomic E-state index is 11.7. The first-order valence-electron chi connectivity index (χ1n) is 6.38. The molecular weight excluding hydrogens is 256 g/mol. The largest absolute Gasteiger partial charge is 0.463 e. The van der Waals surface area contributed by atoms with Gasteiger partial charge in [0.25, 0.3) is 0 Å². The Morgan fingerprint density at radius 2 is 1.90 bits per heavy atom. The van der Waals surface area contributed by atoms with Gasteiger partial charge in [-0.1, -0.05) is 12.1 Å². The van der Waals surface area contributed by atoms with Crippen molar-refractivity contribution in [1.82, 2.24) is 0 Å². The number of benzene rings is 1. The molecule has 20 heavy (non-hydrogen) atoms. The molecule has 0 unspecified atom stereocenters. The number of hydrogen-bond donors (Lipinski definition) is 2. The van der Waals surface area contributed by atoms with E-state index in [1.54, 1.807) is 51.1 Å². The van der Waals surface area contributed by atoms with Crippen molar-refractivity contribution in [1.29, 1.82) is 0 Å². The molecule has 1 aromatic carbocycles. The molecule has 0 radical (unpaired) electrons. The number of anilines is 1. The lowest BCUT2D eigenvalue weighted by atomic mass is 10.1. The second-order valence-electron chi connectivity index (χ2n) is 4.88. The van der Waals surface area contributed by atoms with E-state index < -0.39 is 5.54 Å². The summed E-state index contributed by atoms with van der Waals surface area (Å²) in [7, 11) is 0. The summed E-state index contributed by atoms with van der Waals surface area (Å²) in [5, 5.41) is 2.71. The highest BCUT2D eigenvalue weighted by Crippen LogP contribution is 2.12. The van der Waals surface area contributed by atoms with E-state index in [0.29, 0.717) is 12.3 Å². The van der Waals surface area contributed by atoms with Crippen molar-refractivity contribution in [2.75, 3.05) is 11.9 Å². The Kier molecular flexibility index (Phi) is 5.46. The van der Waals surface area contributed by atoms with Gasteiger partial charge in [0.15, 0.2) is 0 Å². The highest BCUT2D eigenvalue weighted by molar-refractivity contribution is 5.97. The van der Waals surface area contributed by atoms with E-state index in [9.17, 15) is 9.59 Å².